The van der Waals surface area contributed by atoms with Gasteiger partial charge in [0.15, 0.2) is 0 Å². The Morgan fingerprint density at radius 3 is 3.00 bits per heavy atom. The van der Waals surface area contributed by atoms with E-state index in [9.17, 15) is 0 Å². The summed E-state index contributed by atoms with van der Waals surface area (Å²) in [5.41, 5.74) is 2.20. The molecule has 0 unspecified atom stereocenters. The summed E-state index contributed by atoms with van der Waals surface area (Å²) < 4.78 is 6.27. The standard InChI is InChI=1S/C12H12N4S/c1-16-9(6-7-14-16)8-13-12-10-4-2-3-5-11(10)15-17-12/h2-7,13H,8H2,1H3. The van der Waals surface area contributed by atoms with E-state index in [-0.39, 0.29) is 0 Å². The van der Waals surface area contributed by atoms with E-state index in [4.69, 9.17) is 0 Å². The van der Waals surface area contributed by atoms with Gasteiger partial charge in [-0.25, -0.2) is 0 Å². The van der Waals surface area contributed by atoms with Crippen LogP contribution in [0.4, 0.5) is 5.00 Å². The molecule has 4 nitrogen and oxygen atoms in total. The van der Waals surface area contributed by atoms with Gasteiger partial charge in [0.25, 0.3) is 0 Å². The van der Waals surface area contributed by atoms with Crippen LogP contribution in [0.25, 0.3) is 10.9 Å². The van der Waals surface area contributed by atoms with E-state index in [1.54, 1.807) is 0 Å². The Morgan fingerprint density at radius 2 is 2.18 bits per heavy atom. The summed E-state index contributed by atoms with van der Waals surface area (Å²) in [5.74, 6) is 0. The SMILES string of the molecule is Cn1nccc1CNc1snc2ccccc12. The van der Waals surface area contributed by atoms with Crippen molar-refractivity contribution >= 4 is 27.4 Å². The zero-order chi connectivity index (χ0) is 11.7. The summed E-state index contributed by atoms with van der Waals surface area (Å²) in [6, 6.07) is 10.2. The topological polar surface area (TPSA) is 42.7 Å². The second-order valence-electron chi connectivity index (χ2n) is 3.83. The predicted molar refractivity (Wildman–Crippen MR) is 70.2 cm³/mol. The molecule has 0 aliphatic carbocycles. The van der Waals surface area contributed by atoms with Crippen molar-refractivity contribution in [3.05, 3.63) is 42.2 Å². The minimum atomic E-state index is 0.767. The molecule has 0 saturated carbocycles. The number of benzene rings is 1. The van der Waals surface area contributed by atoms with Crippen LogP contribution in [-0.2, 0) is 13.6 Å². The first-order valence-electron chi connectivity index (χ1n) is 5.40. The van der Waals surface area contributed by atoms with Crippen molar-refractivity contribution in [1.82, 2.24) is 14.2 Å². The first-order chi connectivity index (χ1) is 8.34. The van der Waals surface area contributed by atoms with Gasteiger partial charge in [0.2, 0.25) is 0 Å². The number of nitrogens with zero attached hydrogens (tertiary/aromatic N) is 3. The van der Waals surface area contributed by atoms with E-state index >= 15 is 0 Å². The van der Waals surface area contributed by atoms with Gasteiger partial charge in [-0.3, -0.25) is 4.68 Å². The maximum absolute atomic E-state index is 4.40. The zero-order valence-corrected chi connectivity index (χ0v) is 10.2. The molecule has 86 valence electrons. The van der Waals surface area contributed by atoms with Crippen LogP contribution in [0.3, 0.4) is 0 Å². The smallest absolute Gasteiger partial charge is 0.117 e. The van der Waals surface area contributed by atoms with Crippen LogP contribution in [0.1, 0.15) is 5.69 Å². The van der Waals surface area contributed by atoms with Gasteiger partial charge < -0.3 is 5.32 Å². The van der Waals surface area contributed by atoms with E-state index in [1.807, 2.05) is 42.2 Å². The monoisotopic (exact) mass is 244 g/mol. The maximum Gasteiger partial charge on any atom is 0.117 e. The molecule has 3 aromatic rings. The average Bonchev–Trinajstić information content (AvgIpc) is 2.93. The molecule has 0 bridgehead atoms. The molecular formula is C12H12N4S. The van der Waals surface area contributed by atoms with E-state index in [2.05, 4.69) is 20.9 Å². The number of aromatic nitrogens is 3. The Labute approximate surface area is 103 Å². The van der Waals surface area contributed by atoms with Gasteiger partial charge in [-0.05, 0) is 29.7 Å². The molecule has 0 amide bonds. The van der Waals surface area contributed by atoms with Crippen molar-refractivity contribution in [2.24, 2.45) is 7.05 Å². The van der Waals surface area contributed by atoms with Crippen LogP contribution in [-0.4, -0.2) is 14.2 Å². The molecule has 2 aromatic heterocycles. The fraction of sp³-hybridized carbons (Fsp3) is 0.167. The normalized spacial score (nSPS) is 10.9. The third-order valence-electron chi connectivity index (χ3n) is 2.74. The molecule has 0 saturated heterocycles. The summed E-state index contributed by atoms with van der Waals surface area (Å²) in [6.45, 7) is 0.767. The lowest BCUT2D eigenvalue weighted by Crippen LogP contribution is -2.04. The zero-order valence-electron chi connectivity index (χ0n) is 9.42. The highest BCUT2D eigenvalue weighted by Crippen LogP contribution is 2.27. The lowest BCUT2D eigenvalue weighted by molar-refractivity contribution is 0.721. The highest BCUT2D eigenvalue weighted by molar-refractivity contribution is 7.11. The molecular weight excluding hydrogens is 232 g/mol. The number of nitrogens with one attached hydrogen (secondary N) is 1. The van der Waals surface area contributed by atoms with Crippen molar-refractivity contribution in [3.8, 4) is 0 Å². The Morgan fingerprint density at radius 1 is 1.29 bits per heavy atom. The summed E-state index contributed by atoms with van der Waals surface area (Å²) >= 11 is 1.50. The highest BCUT2D eigenvalue weighted by atomic mass is 32.1. The number of aryl methyl sites for hydroxylation is 1. The summed E-state index contributed by atoms with van der Waals surface area (Å²) in [5, 5.41) is 9.84. The van der Waals surface area contributed by atoms with E-state index in [0.717, 1.165) is 22.8 Å². The van der Waals surface area contributed by atoms with Gasteiger partial charge in [-0.15, -0.1) is 0 Å². The van der Waals surface area contributed by atoms with E-state index in [0.29, 0.717) is 0 Å². The Kier molecular flexibility index (Phi) is 2.53. The Hall–Kier alpha value is -1.88. The van der Waals surface area contributed by atoms with E-state index in [1.165, 1.54) is 16.9 Å². The fourth-order valence-electron chi connectivity index (χ4n) is 1.76. The van der Waals surface area contributed by atoms with Crippen LogP contribution in [0.5, 0.6) is 0 Å². The Bertz CT molecular complexity index is 641. The van der Waals surface area contributed by atoms with Crippen molar-refractivity contribution in [3.63, 3.8) is 0 Å². The molecule has 1 aromatic carbocycles. The van der Waals surface area contributed by atoms with Crippen LogP contribution < -0.4 is 5.32 Å². The maximum atomic E-state index is 4.40. The molecule has 0 aliphatic heterocycles. The molecule has 0 atom stereocenters. The van der Waals surface area contributed by atoms with Crippen LogP contribution in [0.2, 0.25) is 0 Å². The largest absolute Gasteiger partial charge is 0.370 e. The molecule has 5 heteroatoms. The van der Waals surface area contributed by atoms with Crippen molar-refractivity contribution in [1.29, 1.82) is 0 Å². The first kappa shape index (κ1) is 10.3. The van der Waals surface area contributed by atoms with Crippen LogP contribution in [0.15, 0.2) is 36.5 Å². The third-order valence-corrected chi connectivity index (χ3v) is 3.57. The lowest BCUT2D eigenvalue weighted by Gasteiger charge is -2.04. The first-order valence-corrected chi connectivity index (χ1v) is 6.17. The van der Waals surface area contributed by atoms with Crippen LogP contribution >= 0.6 is 11.5 Å². The lowest BCUT2D eigenvalue weighted by atomic mass is 10.2. The molecule has 2 heterocycles. The van der Waals surface area contributed by atoms with Gasteiger partial charge >= 0.3 is 0 Å². The molecule has 0 fully saturated rings. The number of rotatable bonds is 3. The fourth-order valence-corrected chi connectivity index (χ4v) is 2.52. The molecule has 1 N–H and O–H groups in total. The second kappa shape index (κ2) is 4.18. The second-order valence-corrected chi connectivity index (χ2v) is 4.60. The third kappa shape index (κ3) is 1.89. The number of fused-ring (bicyclic) bond motifs is 1. The minimum absolute atomic E-state index is 0.767. The van der Waals surface area contributed by atoms with Gasteiger partial charge in [-0.2, -0.15) is 9.47 Å². The van der Waals surface area contributed by atoms with Gasteiger partial charge in [0.1, 0.15) is 5.00 Å². The van der Waals surface area contributed by atoms with Gasteiger partial charge in [0, 0.05) is 18.6 Å². The van der Waals surface area contributed by atoms with Gasteiger partial charge in [0.05, 0.1) is 17.8 Å². The predicted octanol–water partition coefficient (Wildman–Crippen LogP) is 2.64. The summed E-state index contributed by atoms with van der Waals surface area (Å²) in [6.07, 6.45) is 1.81. The Balaban J connectivity index is 1.84. The summed E-state index contributed by atoms with van der Waals surface area (Å²) in [4.78, 5) is 0. The van der Waals surface area contributed by atoms with Crippen molar-refractivity contribution in [2.45, 2.75) is 6.54 Å². The summed E-state index contributed by atoms with van der Waals surface area (Å²) in [7, 11) is 1.95. The number of hydrogen-bond acceptors (Lipinski definition) is 4. The van der Waals surface area contributed by atoms with Crippen LogP contribution in [0, 0.1) is 0 Å². The molecule has 0 radical (unpaired) electrons. The quantitative estimate of drug-likeness (QED) is 0.770. The van der Waals surface area contributed by atoms with Crippen molar-refractivity contribution in [2.75, 3.05) is 5.32 Å². The number of hydrogen-bond donors (Lipinski definition) is 1. The minimum Gasteiger partial charge on any atom is -0.370 e. The van der Waals surface area contributed by atoms with Crippen molar-refractivity contribution < 1.29 is 0 Å². The highest BCUT2D eigenvalue weighted by Gasteiger charge is 2.05. The molecule has 17 heavy (non-hydrogen) atoms. The van der Waals surface area contributed by atoms with Gasteiger partial charge in [-0.1, -0.05) is 12.1 Å². The molecule has 3 rings (SSSR count). The molecule has 0 aliphatic rings. The van der Waals surface area contributed by atoms with E-state index < -0.39 is 0 Å². The number of anilines is 1. The average molecular weight is 244 g/mol. The molecule has 0 spiro atoms.